The fraction of sp³-hybridized carbons (Fsp3) is 0.480. The average molecular weight is 407 g/mol. The summed E-state index contributed by atoms with van der Waals surface area (Å²) < 4.78 is 6.10. The van der Waals surface area contributed by atoms with Crippen LogP contribution >= 0.6 is 0 Å². The summed E-state index contributed by atoms with van der Waals surface area (Å²) in [6.07, 6.45) is 12.8. The quantitative estimate of drug-likeness (QED) is 0.477. The summed E-state index contributed by atoms with van der Waals surface area (Å²) >= 11 is 0. The number of fused-ring (bicyclic) bond motifs is 1. The average Bonchev–Trinajstić information content (AvgIpc) is 3.44. The predicted octanol–water partition coefficient (Wildman–Crippen LogP) is 3.90. The summed E-state index contributed by atoms with van der Waals surface area (Å²) in [6.45, 7) is 4.59. The Labute approximate surface area is 179 Å². The first-order valence-electron chi connectivity index (χ1n) is 11.3. The van der Waals surface area contributed by atoms with Gasteiger partial charge in [-0.3, -0.25) is 4.98 Å². The van der Waals surface area contributed by atoms with E-state index in [-0.39, 0.29) is 6.10 Å². The van der Waals surface area contributed by atoms with Crippen LogP contribution in [0.25, 0.3) is 10.9 Å². The molecule has 5 nitrogen and oxygen atoms in total. The summed E-state index contributed by atoms with van der Waals surface area (Å²) in [5.41, 5.74) is 12.1. The molecule has 0 saturated carbocycles. The van der Waals surface area contributed by atoms with Gasteiger partial charge in [-0.15, -0.1) is 0 Å². The smallest absolute Gasteiger partial charge is 0.0736 e. The van der Waals surface area contributed by atoms with E-state index in [1.807, 2.05) is 12.4 Å². The Morgan fingerprint density at radius 1 is 1.17 bits per heavy atom. The molecule has 5 heteroatoms. The van der Waals surface area contributed by atoms with Crippen molar-refractivity contribution in [2.24, 2.45) is 5.73 Å². The third kappa shape index (κ3) is 5.09. The summed E-state index contributed by atoms with van der Waals surface area (Å²) in [5, 5.41) is 4.83. The lowest BCUT2D eigenvalue weighted by Gasteiger charge is -2.20. The number of hydrogen-bond acceptors (Lipinski definition) is 4. The molecule has 2 atom stereocenters. The third-order valence-corrected chi connectivity index (χ3v) is 6.24. The highest BCUT2D eigenvalue weighted by Crippen LogP contribution is 2.23. The molecule has 0 aliphatic carbocycles. The Morgan fingerprint density at radius 2 is 2.07 bits per heavy atom. The minimum Gasteiger partial charge on any atom is -0.372 e. The number of nitrogens with one attached hydrogen (secondary N) is 2. The molecule has 0 bridgehead atoms. The monoisotopic (exact) mass is 406 g/mol. The van der Waals surface area contributed by atoms with Gasteiger partial charge in [-0.25, -0.2) is 0 Å². The van der Waals surface area contributed by atoms with Crippen LogP contribution in [0.3, 0.4) is 0 Å². The molecule has 1 aromatic carbocycles. The van der Waals surface area contributed by atoms with Gasteiger partial charge in [-0.1, -0.05) is 24.3 Å². The molecule has 0 spiro atoms. The lowest BCUT2D eigenvalue weighted by Crippen LogP contribution is -2.34. The number of benzene rings is 1. The molecule has 2 aromatic heterocycles. The standard InChI is InChI=1S/C25H34N4O/c1-18(24-9-4-12-28-24)30-17-20-13-19(14-27-15-20)5-2-6-21-7-3-8-23-22(10-11-26)16-29-25(21)23/h3,7-8,13-16,18,24,28-29H,2,4-6,9-12,17,26H2,1H3/t18?,24-/m0/s1. The van der Waals surface area contributed by atoms with Gasteiger partial charge >= 0.3 is 0 Å². The predicted molar refractivity (Wildman–Crippen MR) is 123 cm³/mol. The number of nitrogens with two attached hydrogens (primary N) is 1. The van der Waals surface area contributed by atoms with Crippen molar-refractivity contribution in [1.29, 1.82) is 0 Å². The zero-order valence-electron chi connectivity index (χ0n) is 18.0. The first kappa shape index (κ1) is 21.0. The van der Waals surface area contributed by atoms with Crippen molar-refractivity contribution in [2.75, 3.05) is 13.1 Å². The van der Waals surface area contributed by atoms with Gasteiger partial charge in [0.1, 0.15) is 0 Å². The number of H-pyrrole nitrogens is 1. The van der Waals surface area contributed by atoms with Crippen LogP contribution < -0.4 is 11.1 Å². The van der Waals surface area contributed by atoms with E-state index in [0.29, 0.717) is 19.2 Å². The Balaban J connectivity index is 1.31. The Bertz CT molecular complexity index is 945. The van der Waals surface area contributed by atoms with Gasteiger partial charge in [0, 0.05) is 35.5 Å². The van der Waals surface area contributed by atoms with Crippen molar-refractivity contribution in [2.45, 2.75) is 64.2 Å². The normalized spacial score (nSPS) is 17.6. The van der Waals surface area contributed by atoms with E-state index in [1.54, 1.807) is 0 Å². The second-order valence-electron chi connectivity index (χ2n) is 8.47. The van der Waals surface area contributed by atoms with E-state index in [0.717, 1.165) is 37.8 Å². The van der Waals surface area contributed by atoms with Gasteiger partial charge in [0.15, 0.2) is 0 Å². The highest BCUT2D eigenvalue weighted by molar-refractivity contribution is 5.86. The van der Waals surface area contributed by atoms with Gasteiger partial charge < -0.3 is 20.8 Å². The highest BCUT2D eigenvalue weighted by Gasteiger charge is 2.21. The number of rotatable bonds is 10. The Kier molecular flexibility index (Phi) is 7.16. The molecule has 1 saturated heterocycles. The van der Waals surface area contributed by atoms with Crippen molar-refractivity contribution >= 4 is 10.9 Å². The van der Waals surface area contributed by atoms with Gasteiger partial charge in [0.25, 0.3) is 0 Å². The van der Waals surface area contributed by atoms with Crippen molar-refractivity contribution in [3.05, 3.63) is 65.1 Å². The molecular formula is C25H34N4O. The lowest BCUT2D eigenvalue weighted by atomic mass is 10.0. The largest absolute Gasteiger partial charge is 0.372 e. The van der Waals surface area contributed by atoms with E-state index < -0.39 is 0 Å². The number of aryl methyl sites for hydroxylation is 2. The van der Waals surface area contributed by atoms with E-state index in [2.05, 4.69) is 52.7 Å². The Hall–Kier alpha value is -2.21. The summed E-state index contributed by atoms with van der Waals surface area (Å²) in [4.78, 5) is 7.91. The minimum absolute atomic E-state index is 0.238. The van der Waals surface area contributed by atoms with Gasteiger partial charge in [-0.2, -0.15) is 0 Å². The molecule has 3 aromatic rings. The second kappa shape index (κ2) is 10.2. The second-order valence-corrected chi connectivity index (χ2v) is 8.47. The minimum atomic E-state index is 0.238. The number of aromatic nitrogens is 2. The van der Waals surface area contributed by atoms with Crippen LogP contribution in [0.1, 0.15) is 48.4 Å². The molecule has 160 valence electrons. The number of aromatic amines is 1. The van der Waals surface area contributed by atoms with Gasteiger partial charge in [-0.05, 0) is 80.8 Å². The van der Waals surface area contributed by atoms with Crippen molar-refractivity contribution in [3.63, 3.8) is 0 Å². The topological polar surface area (TPSA) is 76.0 Å². The van der Waals surface area contributed by atoms with Gasteiger partial charge in [0.05, 0.1) is 12.7 Å². The fourth-order valence-corrected chi connectivity index (χ4v) is 4.54. The molecule has 1 aliphatic rings. The molecule has 0 amide bonds. The molecule has 1 unspecified atom stereocenters. The van der Waals surface area contributed by atoms with Gasteiger partial charge in [0.2, 0.25) is 0 Å². The number of hydrogen-bond donors (Lipinski definition) is 3. The van der Waals surface area contributed by atoms with Crippen LogP contribution in [-0.2, 0) is 30.6 Å². The molecule has 4 rings (SSSR count). The van der Waals surface area contributed by atoms with E-state index in [4.69, 9.17) is 10.5 Å². The van der Waals surface area contributed by atoms with E-state index in [1.165, 1.54) is 40.4 Å². The Morgan fingerprint density at radius 3 is 2.90 bits per heavy atom. The molecule has 30 heavy (non-hydrogen) atoms. The highest BCUT2D eigenvalue weighted by atomic mass is 16.5. The van der Waals surface area contributed by atoms with E-state index >= 15 is 0 Å². The van der Waals surface area contributed by atoms with Crippen molar-refractivity contribution < 1.29 is 4.74 Å². The van der Waals surface area contributed by atoms with E-state index in [9.17, 15) is 0 Å². The maximum absolute atomic E-state index is 6.10. The number of para-hydroxylation sites is 1. The fourth-order valence-electron chi connectivity index (χ4n) is 4.54. The number of nitrogens with zero attached hydrogens (tertiary/aromatic N) is 1. The molecule has 1 fully saturated rings. The van der Waals surface area contributed by atoms with Crippen LogP contribution in [-0.4, -0.2) is 35.2 Å². The van der Waals surface area contributed by atoms with Crippen LogP contribution in [0.2, 0.25) is 0 Å². The number of pyridine rings is 1. The molecule has 1 aliphatic heterocycles. The van der Waals surface area contributed by atoms with Crippen LogP contribution in [0.15, 0.2) is 42.9 Å². The molecule has 3 heterocycles. The SMILES string of the molecule is CC(OCc1cncc(CCCc2cccc3c(CCN)c[nH]c23)c1)[C@@H]1CCCN1. The molecule has 0 radical (unpaired) electrons. The molecule has 4 N–H and O–H groups in total. The van der Waals surface area contributed by atoms with Crippen LogP contribution in [0.4, 0.5) is 0 Å². The van der Waals surface area contributed by atoms with Crippen LogP contribution in [0.5, 0.6) is 0 Å². The molecular weight excluding hydrogens is 372 g/mol. The lowest BCUT2D eigenvalue weighted by molar-refractivity contribution is 0.0314. The number of ether oxygens (including phenoxy) is 1. The van der Waals surface area contributed by atoms with Crippen molar-refractivity contribution in [1.82, 2.24) is 15.3 Å². The van der Waals surface area contributed by atoms with Crippen LogP contribution in [0, 0.1) is 0 Å². The zero-order chi connectivity index (χ0) is 20.8. The summed E-state index contributed by atoms with van der Waals surface area (Å²) in [6, 6.07) is 9.31. The maximum Gasteiger partial charge on any atom is 0.0736 e. The maximum atomic E-state index is 6.10. The summed E-state index contributed by atoms with van der Waals surface area (Å²) in [7, 11) is 0. The summed E-state index contributed by atoms with van der Waals surface area (Å²) in [5.74, 6) is 0. The first-order valence-corrected chi connectivity index (χ1v) is 11.3. The van der Waals surface area contributed by atoms with Crippen molar-refractivity contribution in [3.8, 4) is 0 Å². The first-order chi connectivity index (χ1) is 14.7. The third-order valence-electron chi connectivity index (χ3n) is 6.24. The zero-order valence-corrected chi connectivity index (χ0v) is 18.0.